The second-order valence-electron chi connectivity index (χ2n) is 8.03. The predicted molar refractivity (Wildman–Crippen MR) is 128 cm³/mol. The smallest absolute Gasteiger partial charge is 0.325 e. The van der Waals surface area contributed by atoms with Crippen LogP contribution in [0.5, 0.6) is 0 Å². The van der Waals surface area contributed by atoms with Crippen molar-refractivity contribution in [1.82, 2.24) is 25.9 Å². The van der Waals surface area contributed by atoms with E-state index in [9.17, 15) is 24.0 Å². The van der Waals surface area contributed by atoms with Crippen molar-refractivity contribution in [2.75, 3.05) is 6.54 Å². The summed E-state index contributed by atoms with van der Waals surface area (Å²) in [4.78, 5) is 71.1. The molecule has 0 aliphatic rings. The number of amides is 4. The summed E-state index contributed by atoms with van der Waals surface area (Å²) in [5.74, 6) is -4.38. The zero-order chi connectivity index (χ0) is 27.3. The molecule has 1 heterocycles. The molecule has 13 N–H and O–H groups in total. The number of aromatic amines is 1. The van der Waals surface area contributed by atoms with E-state index in [-0.39, 0.29) is 38.2 Å². The van der Waals surface area contributed by atoms with Crippen molar-refractivity contribution in [3.05, 3.63) is 18.2 Å². The number of carbonyl (C=O) groups excluding carboxylic acids is 4. The minimum absolute atomic E-state index is 0.0841. The van der Waals surface area contributed by atoms with Gasteiger partial charge in [0.25, 0.3) is 0 Å². The molecule has 16 heteroatoms. The van der Waals surface area contributed by atoms with Crippen molar-refractivity contribution in [2.45, 2.75) is 63.2 Å². The molecule has 0 saturated carbocycles. The van der Waals surface area contributed by atoms with Crippen LogP contribution in [0, 0.1) is 0 Å². The van der Waals surface area contributed by atoms with Crippen LogP contribution >= 0.6 is 0 Å². The number of nitrogens with one attached hydrogen (secondary N) is 4. The van der Waals surface area contributed by atoms with Gasteiger partial charge in [-0.15, -0.1) is 0 Å². The highest BCUT2D eigenvalue weighted by atomic mass is 16.4. The lowest BCUT2D eigenvalue weighted by Crippen LogP contribution is -2.57. The molecular weight excluding hydrogens is 476 g/mol. The van der Waals surface area contributed by atoms with Gasteiger partial charge < -0.3 is 49.0 Å². The first-order valence-corrected chi connectivity index (χ1v) is 11.1. The molecule has 1 rings (SSSR count). The molecule has 4 amide bonds. The summed E-state index contributed by atoms with van der Waals surface area (Å²) >= 11 is 0. The first-order chi connectivity index (χ1) is 16.9. The Hall–Kier alpha value is -4.21. The maximum Gasteiger partial charge on any atom is 0.325 e. The number of aliphatic carboxylic acids is 1. The average molecular weight is 511 g/mol. The predicted octanol–water partition coefficient (Wildman–Crippen LogP) is -3.84. The largest absolute Gasteiger partial charge is 0.480 e. The fraction of sp³-hybridized carbons (Fsp3) is 0.550. The molecule has 0 radical (unpaired) electrons. The lowest BCUT2D eigenvalue weighted by Gasteiger charge is -2.24. The summed E-state index contributed by atoms with van der Waals surface area (Å²) in [6.45, 7) is 1.41. The maximum atomic E-state index is 13.0. The molecule has 16 nitrogen and oxygen atoms in total. The number of guanidine groups is 1. The summed E-state index contributed by atoms with van der Waals surface area (Å²) < 4.78 is 0. The van der Waals surface area contributed by atoms with Gasteiger partial charge in [-0.05, 0) is 26.2 Å². The zero-order valence-electron chi connectivity index (χ0n) is 19.9. The Balaban J connectivity index is 2.97. The molecule has 4 unspecified atom stereocenters. The Bertz CT molecular complexity index is 931. The van der Waals surface area contributed by atoms with Gasteiger partial charge in [0.2, 0.25) is 23.6 Å². The van der Waals surface area contributed by atoms with Gasteiger partial charge in [-0.25, -0.2) is 4.98 Å². The number of aliphatic imine (C=N–C) groups is 1. The van der Waals surface area contributed by atoms with E-state index < -0.39 is 53.8 Å². The molecule has 4 atom stereocenters. The summed E-state index contributed by atoms with van der Waals surface area (Å²) in [6, 6.07) is -4.69. The first kappa shape index (κ1) is 29.8. The van der Waals surface area contributed by atoms with E-state index in [1.54, 1.807) is 0 Å². The van der Waals surface area contributed by atoms with Crippen LogP contribution in [0.15, 0.2) is 17.5 Å². The van der Waals surface area contributed by atoms with E-state index in [2.05, 4.69) is 30.9 Å². The number of imidazole rings is 1. The molecule has 1 aromatic rings. The number of nitrogens with zero attached hydrogens (tertiary/aromatic N) is 2. The van der Waals surface area contributed by atoms with Crippen LogP contribution in [-0.4, -0.2) is 81.3 Å². The zero-order valence-corrected chi connectivity index (χ0v) is 19.9. The number of primary amides is 1. The number of carboxylic acid groups (broad SMARTS) is 1. The Morgan fingerprint density at radius 1 is 1.03 bits per heavy atom. The van der Waals surface area contributed by atoms with Gasteiger partial charge in [0, 0.05) is 31.3 Å². The molecular formula is C20H34N10O6. The molecule has 0 saturated heterocycles. The van der Waals surface area contributed by atoms with Crippen molar-refractivity contribution < 1.29 is 29.1 Å². The standard InChI is InChI=1S/C20H34N10O6/c1-10(19(35)36)28-17(33)14(4-5-15(22)31)30-18(34)13(3-2-6-26-20(23)24)29-16(32)12(21)7-11-8-25-9-27-11/h8-10,12-14H,2-7,21H2,1H3,(H2,22,31)(H,25,27)(H,28,33)(H,29,32)(H,30,34)(H,35,36)(H4,23,24,26). The minimum atomic E-state index is -1.29. The molecule has 0 spiro atoms. The third-order valence-corrected chi connectivity index (χ3v) is 4.95. The van der Waals surface area contributed by atoms with E-state index in [0.717, 1.165) is 0 Å². The Morgan fingerprint density at radius 2 is 1.64 bits per heavy atom. The second kappa shape index (κ2) is 14.9. The molecule has 36 heavy (non-hydrogen) atoms. The van der Waals surface area contributed by atoms with Crippen LogP contribution in [0.4, 0.5) is 0 Å². The highest BCUT2D eigenvalue weighted by Crippen LogP contribution is 2.05. The molecule has 0 aliphatic carbocycles. The number of nitrogens with two attached hydrogens (primary N) is 4. The third-order valence-electron chi connectivity index (χ3n) is 4.95. The maximum absolute atomic E-state index is 13.0. The van der Waals surface area contributed by atoms with Crippen molar-refractivity contribution in [2.24, 2.45) is 27.9 Å². The summed E-state index contributed by atoms with van der Waals surface area (Å²) in [6.07, 6.45) is 3.00. The number of rotatable bonds is 16. The topological polar surface area (TPSA) is 287 Å². The number of H-pyrrole nitrogens is 1. The van der Waals surface area contributed by atoms with E-state index in [0.29, 0.717) is 12.1 Å². The van der Waals surface area contributed by atoms with Crippen LogP contribution in [0.25, 0.3) is 0 Å². The van der Waals surface area contributed by atoms with Gasteiger partial charge >= 0.3 is 5.97 Å². The van der Waals surface area contributed by atoms with E-state index >= 15 is 0 Å². The summed E-state index contributed by atoms with van der Waals surface area (Å²) in [7, 11) is 0. The number of hydrogen-bond acceptors (Lipinski definition) is 8. The Labute approximate surface area is 207 Å². The average Bonchev–Trinajstić information content (AvgIpc) is 3.30. The van der Waals surface area contributed by atoms with Gasteiger partial charge in [-0.1, -0.05) is 0 Å². The quantitative estimate of drug-likeness (QED) is 0.0592. The number of aromatic nitrogens is 2. The van der Waals surface area contributed by atoms with Gasteiger partial charge in [0.1, 0.15) is 18.1 Å². The summed E-state index contributed by atoms with van der Waals surface area (Å²) in [5, 5.41) is 16.3. The van der Waals surface area contributed by atoms with E-state index in [4.69, 9.17) is 28.0 Å². The fourth-order valence-corrected chi connectivity index (χ4v) is 2.98. The van der Waals surface area contributed by atoms with Gasteiger partial charge in [-0.3, -0.25) is 29.0 Å². The highest BCUT2D eigenvalue weighted by molar-refractivity contribution is 5.94. The number of carboxylic acids is 1. The van der Waals surface area contributed by atoms with Crippen molar-refractivity contribution in [3.8, 4) is 0 Å². The van der Waals surface area contributed by atoms with Crippen molar-refractivity contribution in [3.63, 3.8) is 0 Å². The van der Waals surface area contributed by atoms with Crippen molar-refractivity contribution >= 4 is 35.6 Å². The lowest BCUT2D eigenvalue weighted by atomic mass is 10.1. The SMILES string of the molecule is CC(NC(=O)C(CCC(N)=O)NC(=O)C(CCCN=C(N)N)NC(=O)C(N)Cc1cnc[nH]1)C(=O)O. The van der Waals surface area contributed by atoms with Gasteiger partial charge in [0.15, 0.2) is 5.96 Å². The van der Waals surface area contributed by atoms with E-state index in [1.807, 2.05) is 0 Å². The first-order valence-electron chi connectivity index (χ1n) is 11.1. The van der Waals surface area contributed by atoms with Crippen LogP contribution in [0.1, 0.15) is 38.3 Å². The molecule has 0 bridgehead atoms. The number of hydrogen-bond donors (Lipinski definition) is 9. The van der Waals surface area contributed by atoms with Crippen LogP contribution in [-0.2, 0) is 30.4 Å². The van der Waals surface area contributed by atoms with Crippen LogP contribution < -0.4 is 38.9 Å². The number of carbonyl (C=O) groups is 5. The molecule has 1 aromatic heterocycles. The van der Waals surface area contributed by atoms with Gasteiger partial charge in [0.05, 0.1) is 12.4 Å². The van der Waals surface area contributed by atoms with Crippen molar-refractivity contribution in [1.29, 1.82) is 0 Å². The van der Waals surface area contributed by atoms with Crippen LogP contribution in [0.3, 0.4) is 0 Å². The Kier molecular flexibility index (Phi) is 12.4. The van der Waals surface area contributed by atoms with Crippen LogP contribution in [0.2, 0.25) is 0 Å². The second-order valence-corrected chi connectivity index (χ2v) is 8.03. The van der Waals surface area contributed by atoms with E-state index in [1.165, 1.54) is 19.4 Å². The molecule has 0 aromatic carbocycles. The highest BCUT2D eigenvalue weighted by Gasteiger charge is 2.29. The third kappa shape index (κ3) is 11.3. The Morgan fingerprint density at radius 3 is 2.19 bits per heavy atom. The minimum Gasteiger partial charge on any atom is -0.480 e. The fourth-order valence-electron chi connectivity index (χ4n) is 2.98. The molecule has 0 fully saturated rings. The molecule has 200 valence electrons. The normalized spacial score (nSPS) is 13.9. The molecule has 0 aliphatic heterocycles. The monoisotopic (exact) mass is 510 g/mol. The van der Waals surface area contributed by atoms with Gasteiger partial charge in [-0.2, -0.15) is 0 Å². The lowest BCUT2D eigenvalue weighted by molar-refractivity contribution is -0.142. The summed E-state index contributed by atoms with van der Waals surface area (Å²) in [5.41, 5.74) is 22.3.